The molecule has 0 aliphatic carbocycles. The molecule has 5 heteroatoms. The number of hydrogen-bond acceptors (Lipinski definition) is 4. The van der Waals surface area contributed by atoms with Crippen molar-refractivity contribution < 1.29 is 4.74 Å². The predicted molar refractivity (Wildman–Crippen MR) is 80.1 cm³/mol. The van der Waals surface area contributed by atoms with Gasteiger partial charge in [-0.25, -0.2) is 0 Å². The second-order valence-corrected chi connectivity index (χ2v) is 4.50. The molecule has 19 heavy (non-hydrogen) atoms. The van der Waals surface area contributed by atoms with Crippen molar-refractivity contribution in [2.75, 3.05) is 40.4 Å². The summed E-state index contributed by atoms with van der Waals surface area (Å²) in [7, 11) is 3.43. The number of unbranched alkanes of at least 4 members (excludes halogenated alkanes) is 4. The molecule has 0 amide bonds. The second kappa shape index (κ2) is 15.1. The minimum absolute atomic E-state index is 0.888. The maximum absolute atomic E-state index is 5.02. The summed E-state index contributed by atoms with van der Waals surface area (Å²) in [5.41, 5.74) is 0. The molecule has 0 unspecified atom stereocenters. The summed E-state index contributed by atoms with van der Waals surface area (Å²) in [6, 6.07) is 0. The van der Waals surface area contributed by atoms with Gasteiger partial charge in [-0.3, -0.25) is 5.01 Å². The lowest BCUT2D eigenvalue weighted by Gasteiger charge is -2.11. The second-order valence-electron chi connectivity index (χ2n) is 4.50. The fraction of sp³-hybridized carbons (Fsp3) is 0.857. The first kappa shape index (κ1) is 18.1. The molecular formula is C14H30N4O. The van der Waals surface area contributed by atoms with E-state index in [1.807, 2.05) is 0 Å². The summed E-state index contributed by atoms with van der Waals surface area (Å²) >= 11 is 0. The Hall–Kier alpha value is -0.940. The maximum Gasteiger partial charge on any atom is 0.0509 e. The van der Waals surface area contributed by atoms with Crippen LogP contribution >= 0.6 is 0 Å². The summed E-state index contributed by atoms with van der Waals surface area (Å²) in [4.78, 5) is 0. The van der Waals surface area contributed by atoms with Crippen LogP contribution in [-0.4, -0.2) is 45.4 Å². The Bertz CT molecular complexity index is 221. The van der Waals surface area contributed by atoms with Crippen molar-refractivity contribution >= 4 is 0 Å². The predicted octanol–water partition coefficient (Wildman–Crippen LogP) is 3.01. The van der Waals surface area contributed by atoms with Crippen molar-refractivity contribution in [3.63, 3.8) is 0 Å². The number of nitrogens with zero attached hydrogens (tertiary/aromatic N) is 3. The van der Waals surface area contributed by atoms with Gasteiger partial charge >= 0.3 is 0 Å². The number of methoxy groups -OCH3 is 1. The van der Waals surface area contributed by atoms with E-state index in [1.54, 1.807) is 25.4 Å². The van der Waals surface area contributed by atoms with Crippen LogP contribution in [0.25, 0.3) is 0 Å². The van der Waals surface area contributed by atoms with Crippen LogP contribution in [0.5, 0.6) is 0 Å². The highest BCUT2D eigenvalue weighted by molar-refractivity contribution is 4.65. The van der Waals surface area contributed by atoms with E-state index >= 15 is 0 Å². The van der Waals surface area contributed by atoms with E-state index in [-0.39, 0.29) is 0 Å². The zero-order valence-electron chi connectivity index (χ0n) is 12.6. The molecule has 112 valence electrons. The number of nitrogens with one attached hydrogen (secondary N) is 1. The first-order valence-corrected chi connectivity index (χ1v) is 7.23. The van der Waals surface area contributed by atoms with Crippen LogP contribution in [0.1, 0.15) is 38.5 Å². The summed E-state index contributed by atoms with van der Waals surface area (Å²) in [6.45, 7) is 7.67. The maximum atomic E-state index is 5.02. The molecule has 0 aromatic heterocycles. The van der Waals surface area contributed by atoms with Gasteiger partial charge in [-0.2, -0.15) is 5.11 Å². The van der Waals surface area contributed by atoms with E-state index in [0.717, 1.165) is 39.1 Å². The quantitative estimate of drug-likeness (QED) is 0.300. The van der Waals surface area contributed by atoms with Gasteiger partial charge in [-0.05, 0) is 38.8 Å². The Morgan fingerprint density at radius 3 is 2.42 bits per heavy atom. The van der Waals surface area contributed by atoms with E-state index in [2.05, 4.69) is 22.2 Å². The van der Waals surface area contributed by atoms with Gasteiger partial charge in [0.1, 0.15) is 0 Å². The molecule has 0 saturated heterocycles. The SMILES string of the molecule is C=CN(CCCCNCCCCCCOC)N=NC. The third-order valence-corrected chi connectivity index (χ3v) is 2.86. The van der Waals surface area contributed by atoms with Crippen LogP contribution in [-0.2, 0) is 4.74 Å². The highest BCUT2D eigenvalue weighted by atomic mass is 16.5. The molecule has 0 fully saturated rings. The van der Waals surface area contributed by atoms with Crippen molar-refractivity contribution in [2.24, 2.45) is 10.3 Å². The molecule has 0 aromatic rings. The molecule has 0 radical (unpaired) electrons. The molecule has 0 spiro atoms. The number of rotatable bonds is 14. The Morgan fingerprint density at radius 2 is 1.79 bits per heavy atom. The average molecular weight is 270 g/mol. The molecule has 1 N–H and O–H groups in total. The molecule has 0 atom stereocenters. The molecule has 0 heterocycles. The zero-order chi connectivity index (χ0) is 14.2. The fourth-order valence-corrected chi connectivity index (χ4v) is 1.79. The first-order chi connectivity index (χ1) is 9.35. The summed E-state index contributed by atoms with van der Waals surface area (Å²) in [6.07, 6.45) is 8.97. The standard InChI is InChI=1S/C14H30N4O/c1-4-18(17-15-2)13-9-8-12-16-11-7-5-6-10-14-19-3/h4,16H,1,5-14H2,2-3H3. The first-order valence-electron chi connectivity index (χ1n) is 7.23. The molecule has 0 aromatic carbocycles. The van der Waals surface area contributed by atoms with Crippen molar-refractivity contribution in [2.45, 2.75) is 38.5 Å². The molecule has 0 aliphatic rings. The Kier molecular flexibility index (Phi) is 14.4. The lowest BCUT2D eigenvalue weighted by atomic mass is 10.2. The van der Waals surface area contributed by atoms with Gasteiger partial charge < -0.3 is 10.1 Å². The fourth-order valence-electron chi connectivity index (χ4n) is 1.79. The van der Waals surface area contributed by atoms with Gasteiger partial charge in [0, 0.05) is 26.5 Å². The van der Waals surface area contributed by atoms with E-state index in [4.69, 9.17) is 4.74 Å². The molecule has 0 aliphatic heterocycles. The monoisotopic (exact) mass is 270 g/mol. The lowest BCUT2D eigenvalue weighted by molar-refractivity contribution is 0.192. The van der Waals surface area contributed by atoms with Gasteiger partial charge in [-0.15, -0.1) is 0 Å². The van der Waals surface area contributed by atoms with Gasteiger partial charge in [-0.1, -0.05) is 24.6 Å². The van der Waals surface area contributed by atoms with Gasteiger partial charge in [0.15, 0.2) is 0 Å². The van der Waals surface area contributed by atoms with Crippen LogP contribution in [0.4, 0.5) is 0 Å². The lowest BCUT2D eigenvalue weighted by Crippen LogP contribution is -2.18. The number of hydrogen-bond donors (Lipinski definition) is 1. The third-order valence-electron chi connectivity index (χ3n) is 2.86. The van der Waals surface area contributed by atoms with Crippen molar-refractivity contribution in [3.05, 3.63) is 12.8 Å². The van der Waals surface area contributed by atoms with Crippen molar-refractivity contribution in [1.82, 2.24) is 10.3 Å². The highest BCUT2D eigenvalue weighted by Gasteiger charge is 1.95. The molecule has 0 saturated carbocycles. The zero-order valence-corrected chi connectivity index (χ0v) is 12.6. The average Bonchev–Trinajstić information content (AvgIpc) is 2.43. The molecule has 5 nitrogen and oxygen atoms in total. The normalized spacial score (nSPS) is 11.1. The van der Waals surface area contributed by atoms with Gasteiger partial charge in [0.05, 0.1) is 7.05 Å². The highest BCUT2D eigenvalue weighted by Crippen LogP contribution is 1.99. The third kappa shape index (κ3) is 13.3. The molecule has 0 bridgehead atoms. The summed E-state index contributed by atoms with van der Waals surface area (Å²) < 4.78 is 5.02. The van der Waals surface area contributed by atoms with Crippen LogP contribution in [0.2, 0.25) is 0 Å². The van der Waals surface area contributed by atoms with Crippen molar-refractivity contribution in [1.29, 1.82) is 0 Å². The minimum atomic E-state index is 0.888. The topological polar surface area (TPSA) is 49.2 Å². The molecular weight excluding hydrogens is 240 g/mol. The largest absolute Gasteiger partial charge is 0.385 e. The Balaban J connectivity index is 3.16. The Labute approximate surface area is 118 Å². The van der Waals surface area contributed by atoms with Gasteiger partial charge in [0.25, 0.3) is 0 Å². The molecule has 0 rings (SSSR count). The van der Waals surface area contributed by atoms with Crippen LogP contribution in [0, 0.1) is 0 Å². The minimum Gasteiger partial charge on any atom is -0.385 e. The van der Waals surface area contributed by atoms with Crippen molar-refractivity contribution in [3.8, 4) is 0 Å². The Morgan fingerprint density at radius 1 is 1.11 bits per heavy atom. The van der Waals surface area contributed by atoms with E-state index < -0.39 is 0 Å². The van der Waals surface area contributed by atoms with Gasteiger partial charge in [0.2, 0.25) is 0 Å². The van der Waals surface area contributed by atoms with Crippen LogP contribution in [0.15, 0.2) is 23.1 Å². The van der Waals surface area contributed by atoms with E-state index in [0.29, 0.717) is 0 Å². The van der Waals surface area contributed by atoms with E-state index in [1.165, 1.54) is 25.7 Å². The van der Waals surface area contributed by atoms with E-state index in [9.17, 15) is 0 Å². The summed E-state index contributed by atoms with van der Waals surface area (Å²) in [5, 5.41) is 12.9. The van der Waals surface area contributed by atoms with Crippen LogP contribution in [0.3, 0.4) is 0 Å². The smallest absolute Gasteiger partial charge is 0.0509 e. The summed E-state index contributed by atoms with van der Waals surface area (Å²) in [5.74, 6) is 0. The number of ether oxygens (including phenoxy) is 1. The van der Waals surface area contributed by atoms with Crippen LogP contribution < -0.4 is 5.32 Å².